The Morgan fingerprint density at radius 1 is 0.581 bits per heavy atom. The van der Waals surface area contributed by atoms with Gasteiger partial charge in [-0.3, -0.25) is 86.3 Å². The Morgan fingerprint density at radius 2 is 1.18 bits per heavy atom. The molecule has 0 aliphatic carbocycles. The van der Waals surface area contributed by atoms with Gasteiger partial charge in [-0.1, -0.05) is 108 Å². The van der Waals surface area contributed by atoms with Crippen LogP contribution in [0.25, 0.3) is 21.8 Å². The maximum absolute atomic E-state index is 15.8. The standard InChI is InChI=1S/C92H127N23O21/c1-10-12-22-71-86(130)106-64(33-50(3)4)84(128)109-69(83(127)99-43-77(95)120)42-96-44-78(121)102-67(34-53-26-28-57(116)29-27-53)89(133)110(7)52(6)81(125)105-63(39-76(94)119)51(5)114-32-18-25-72(114)87(131)108-66(37-56-41-97-49-101-56)85(129)104-62(30-31-75(93)118)91(135)115-47-58(117)38-74(115)88(132)107-65(35-54-40-98-61-21-16-14-19-59(54)61)82(126)100-45-79(122)103-68(90(134)112(9)73(23-13-11-2)92(136)111(71)8)36-55-46-113(48-80(123)124)70-24-17-15-20-60(55)70/h14-17,19-21,24,26-29,40-41,46,49-50,52,58,62-69,71-74,96,98,116-117H,5,10-13,18,22-23,25,30-39,42-45,47-48H2,1-4,6-9H3,(H2,93,118)(H2,94,119)(H2,95,120)(H,97,101)(H,99,127)(H,100,126)(H,102,121)(H,103,122)(H,104,129)(H,105,125)(H,106,130)(H,107,132)(H,108,131)(H,109,128)(H,123,124)/t52-,58+,62-,63-,64-,65-,66-,67-,68-,69-,71-,72-,73-,74-/m0/s1. The highest BCUT2D eigenvalue weighted by atomic mass is 16.4. The van der Waals surface area contributed by atoms with E-state index < -0.39 is 256 Å². The van der Waals surface area contributed by atoms with Gasteiger partial charge in [-0.2, -0.15) is 0 Å². The third-order valence-electron chi connectivity index (χ3n) is 24.4. The number of aromatic amines is 2. The van der Waals surface area contributed by atoms with Crippen LogP contribution in [0.3, 0.4) is 0 Å². The number of aliphatic carboxylic acids is 1. The molecule has 3 aliphatic rings. The number of aliphatic hydroxyl groups is 1. The number of nitrogens with one attached hydrogen (secondary N) is 13. The topological polar surface area (TPSA) is 644 Å². The Labute approximate surface area is 785 Å². The van der Waals surface area contributed by atoms with Crippen molar-refractivity contribution in [1.29, 1.82) is 0 Å². The van der Waals surface area contributed by atoms with Gasteiger partial charge in [0.05, 0.1) is 44.5 Å². The van der Waals surface area contributed by atoms with E-state index in [1.54, 1.807) is 68.6 Å². The van der Waals surface area contributed by atoms with Gasteiger partial charge >= 0.3 is 5.97 Å². The first-order valence-electron chi connectivity index (χ1n) is 45.5. The predicted octanol–water partition coefficient (Wildman–Crippen LogP) is -2.89. The average molecular weight is 1890 g/mol. The lowest BCUT2D eigenvalue weighted by atomic mass is 9.99. The molecule has 0 saturated carbocycles. The number of likely N-dealkylation sites (N-methyl/N-ethyl adjacent to an activating group) is 3. The number of nitrogens with two attached hydrogens (primary N) is 3. The molecule has 6 aromatic rings. The number of amides is 17. The number of carbonyl (C=O) groups excluding carboxylic acids is 17. The molecule has 736 valence electrons. The maximum atomic E-state index is 15.8. The molecule has 22 N–H and O–H groups in total. The van der Waals surface area contributed by atoms with Gasteiger partial charge in [0.25, 0.3) is 0 Å². The number of imidazole rings is 1. The first kappa shape index (κ1) is 105. The van der Waals surface area contributed by atoms with E-state index in [1.807, 2.05) is 13.8 Å². The number of nitrogens with zero attached hydrogens (tertiary/aromatic N) is 7. The number of aromatic nitrogens is 4. The molecule has 3 saturated heterocycles. The van der Waals surface area contributed by atoms with Crippen molar-refractivity contribution in [3.05, 3.63) is 132 Å². The van der Waals surface area contributed by atoms with Crippen LogP contribution in [0.5, 0.6) is 5.75 Å². The van der Waals surface area contributed by atoms with Crippen LogP contribution in [0, 0.1) is 5.92 Å². The normalized spacial score (nSPS) is 24.1. The number of carbonyl (C=O) groups is 18. The van der Waals surface area contributed by atoms with E-state index in [9.17, 15) is 68.1 Å². The number of phenolic OH excluding ortho intramolecular Hbond substituents is 1. The average Bonchev–Trinajstić information content (AvgIpc) is 1.59. The summed E-state index contributed by atoms with van der Waals surface area (Å²) in [7, 11) is 3.94. The van der Waals surface area contributed by atoms with Crippen molar-refractivity contribution in [3.63, 3.8) is 0 Å². The number of para-hydroxylation sites is 2. The zero-order valence-electron chi connectivity index (χ0n) is 77.6. The molecule has 0 bridgehead atoms. The number of rotatable bonds is 26. The van der Waals surface area contributed by atoms with E-state index in [4.69, 9.17) is 17.2 Å². The van der Waals surface area contributed by atoms with Gasteiger partial charge in [0, 0.05) is 131 Å². The van der Waals surface area contributed by atoms with Gasteiger partial charge in [0.2, 0.25) is 100 Å². The van der Waals surface area contributed by atoms with Gasteiger partial charge in [0.15, 0.2) is 0 Å². The second-order valence-electron chi connectivity index (χ2n) is 35.1. The lowest BCUT2D eigenvalue weighted by molar-refractivity contribution is -0.149. The third kappa shape index (κ3) is 29.1. The number of phenols is 1. The van der Waals surface area contributed by atoms with Crippen molar-refractivity contribution in [3.8, 4) is 5.75 Å². The van der Waals surface area contributed by atoms with E-state index in [0.29, 0.717) is 76.3 Å². The van der Waals surface area contributed by atoms with Gasteiger partial charge in [-0.05, 0) is 92.3 Å². The van der Waals surface area contributed by atoms with Crippen LogP contribution in [0.1, 0.15) is 140 Å². The molecule has 14 atom stereocenters. The van der Waals surface area contributed by atoms with Gasteiger partial charge in [0.1, 0.15) is 84.8 Å². The molecule has 3 aromatic heterocycles. The molecule has 44 nitrogen and oxygen atoms in total. The van der Waals surface area contributed by atoms with Crippen LogP contribution in [0.15, 0.2) is 110 Å². The monoisotopic (exact) mass is 1890 g/mol. The summed E-state index contributed by atoms with van der Waals surface area (Å²) in [6, 6.07) is -0.216. The van der Waals surface area contributed by atoms with Crippen molar-refractivity contribution >= 4 is 128 Å². The number of fused-ring (bicyclic) bond motifs is 4. The lowest BCUT2D eigenvalue weighted by Gasteiger charge is -2.36. The second kappa shape index (κ2) is 49.6. The van der Waals surface area contributed by atoms with Crippen molar-refractivity contribution in [2.45, 2.75) is 235 Å². The smallest absolute Gasteiger partial charge is 0.323 e. The molecule has 3 fully saturated rings. The Bertz CT molecular complexity index is 5330. The number of primary amides is 3. The Hall–Kier alpha value is -14.3. The van der Waals surface area contributed by atoms with Crippen LogP contribution in [0.4, 0.5) is 0 Å². The minimum atomic E-state index is -1.73. The van der Waals surface area contributed by atoms with E-state index in [1.165, 1.54) is 80.5 Å². The first-order valence-corrected chi connectivity index (χ1v) is 45.5. The fraction of sp³-hybridized carbons (Fsp3) is 0.511. The number of aromatic hydroxyl groups is 1. The van der Waals surface area contributed by atoms with E-state index >= 15 is 33.6 Å². The molecule has 3 aromatic carbocycles. The number of H-pyrrole nitrogens is 2. The summed E-state index contributed by atoms with van der Waals surface area (Å²) in [5, 5.41) is 62.2. The minimum absolute atomic E-state index is 0.00159. The van der Waals surface area contributed by atoms with E-state index in [2.05, 4.69) is 80.0 Å². The summed E-state index contributed by atoms with van der Waals surface area (Å²) >= 11 is 0. The Kier molecular flexibility index (Phi) is 38.4. The molecule has 0 unspecified atom stereocenters. The number of hydrogen-bond acceptors (Lipinski definition) is 23. The van der Waals surface area contributed by atoms with Crippen LogP contribution in [-0.2, 0) is 119 Å². The summed E-state index contributed by atoms with van der Waals surface area (Å²) in [5.41, 5.74) is 19.5. The van der Waals surface area contributed by atoms with Gasteiger partial charge < -0.3 is 130 Å². The number of hydrogen-bond donors (Lipinski definition) is 19. The van der Waals surface area contributed by atoms with Crippen molar-refractivity contribution in [2.24, 2.45) is 23.1 Å². The number of carboxylic acids is 1. The molecule has 9 rings (SSSR count). The number of carboxylic acid groups (broad SMARTS) is 1. The number of unbranched alkanes of at least 4 members (excludes halogenated alkanes) is 2. The fourth-order valence-corrected chi connectivity index (χ4v) is 17.0. The summed E-state index contributed by atoms with van der Waals surface area (Å²) in [6.45, 7) is 8.88. The molecule has 0 spiro atoms. The summed E-state index contributed by atoms with van der Waals surface area (Å²) in [4.78, 5) is 276. The fourth-order valence-electron chi connectivity index (χ4n) is 17.0. The summed E-state index contributed by atoms with van der Waals surface area (Å²) in [6.07, 6.45) is 2.98. The predicted molar refractivity (Wildman–Crippen MR) is 494 cm³/mol. The maximum Gasteiger partial charge on any atom is 0.323 e. The molecule has 17 amide bonds. The molecule has 6 heterocycles. The van der Waals surface area contributed by atoms with Crippen molar-refractivity contribution in [1.82, 2.24) is 103 Å². The number of aliphatic hydroxyl groups excluding tert-OH is 1. The zero-order valence-corrected chi connectivity index (χ0v) is 77.6. The zero-order chi connectivity index (χ0) is 99.5. The third-order valence-corrected chi connectivity index (χ3v) is 24.4. The van der Waals surface area contributed by atoms with Crippen LogP contribution in [0.2, 0.25) is 0 Å². The van der Waals surface area contributed by atoms with Gasteiger partial charge in [-0.25, -0.2) is 4.98 Å². The molecule has 0 radical (unpaired) electrons. The van der Waals surface area contributed by atoms with Crippen LogP contribution >= 0.6 is 0 Å². The second-order valence-corrected chi connectivity index (χ2v) is 35.1. The lowest BCUT2D eigenvalue weighted by Crippen LogP contribution is -2.61. The molecular weight excluding hydrogens is 1760 g/mol. The van der Waals surface area contributed by atoms with E-state index in [-0.39, 0.29) is 75.3 Å². The first-order chi connectivity index (χ1) is 64.6. The SMILES string of the molecule is C=C1[C@H](CC(N)=O)NC(=O)[C@H](C)N(C)C(=O)[C@H](Cc2ccc(O)cc2)NC(=O)CNC[C@@H](C(=O)NCC(N)=O)NC(=O)[C@H](CC(C)C)NC(=O)[C@H](CCCC)N(C)C(=O)[C@H](CCCC)N(C)C(=O)[C@H](Cc2cn(CC(=O)O)c3ccccc23)NC(=O)CNC(=O)[C@H](Cc2c[nH]c3ccccc23)NC(=O)[C@@H]2C[C@@H](O)CN2C(=O)[C@H](CCC(N)=O)NC(=O)[C@H](Cc2cnc[nH]2)NC(=O)[C@@H]2CCCN12. The quantitative estimate of drug-likeness (QED) is 0.0259. The highest BCUT2D eigenvalue weighted by Crippen LogP contribution is 2.30. The van der Waals surface area contributed by atoms with Crippen LogP contribution < -0.4 is 75.7 Å². The van der Waals surface area contributed by atoms with Crippen molar-refractivity contribution < 1.29 is 102 Å². The Balaban J connectivity index is 1.10. The number of benzene rings is 3. The Morgan fingerprint density at radius 3 is 1.82 bits per heavy atom. The molecular formula is C92H127N23O21. The highest BCUT2D eigenvalue weighted by molar-refractivity contribution is 6.01. The summed E-state index contributed by atoms with van der Waals surface area (Å²) < 4.78 is 1.43. The highest BCUT2D eigenvalue weighted by Gasteiger charge is 2.46. The van der Waals surface area contributed by atoms with Crippen molar-refractivity contribution in [2.75, 3.05) is 60.4 Å². The van der Waals surface area contributed by atoms with E-state index in [0.717, 1.165) is 19.6 Å². The summed E-state index contributed by atoms with van der Waals surface area (Å²) in [5.74, 6) is -17.4. The molecule has 44 heteroatoms. The van der Waals surface area contributed by atoms with Crippen LogP contribution in [-0.4, -0.2) is 311 Å². The molecule has 136 heavy (non-hydrogen) atoms. The molecule has 3 aliphatic heterocycles. The minimum Gasteiger partial charge on any atom is -0.508 e. The largest absolute Gasteiger partial charge is 0.508 e. The van der Waals surface area contributed by atoms with Gasteiger partial charge in [-0.15, -0.1) is 0 Å².